The maximum atomic E-state index is 13.7. The van der Waals surface area contributed by atoms with Gasteiger partial charge in [0.15, 0.2) is 0 Å². The third-order valence-corrected chi connectivity index (χ3v) is 7.08. The van der Waals surface area contributed by atoms with Crippen LogP contribution in [0, 0.1) is 0 Å². The number of carbonyl (C=O) groups excluding carboxylic acids is 3. The summed E-state index contributed by atoms with van der Waals surface area (Å²) in [5, 5.41) is 2.85. The Bertz CT molecular complexity index is 1130. The first kappa shape index (κ1) is 26.5. The minimum absolute atomic E-state index is 0.0335. The fourth-order valence-electron chi connectivity index (χ4n) is 5.05. The molecule has 2 aromatic rings. The first-order chi connectivity index (χ1) is 17.7. The Morgan fingerprint density at radius 3 is 2.38 bits per heavy atom. The summed E-state index contributed by atoms with van der Waals surface area (Å²) < 4.78 is 39.4. The Morgan fingerprint density at radius 1 is 1.03 bits per heavy atom. The number of nitrogens with zero attached hydrogens (tertiary/aromatic N) is 3. The molecule has 0 unspecified atom stereocenters. The maximum absolute atomic E-state index is 13.7. The highest BCUT2D eigenvalue weighted by molar-refractivity contribution is 5.97. The van der Waals surface area contributed by atoms with Crippen molar-refractivity contribution < 1.29 is 27.6 Å². The van der Waals surface area contributed by atoms with Gasteiger partial charge in [-0.25, -0.2) is 0 Å². The summed E-state index contributed by atoms with van der Waals surface area (Å²) >= 11 is 0. The second kappa shape index (κ2) is 10.8. The molecule has 10 heteroatoms. The molecule has 0 radical (unpaired) electrons. The van der Waals surface area contributed by atoms with Crippen molar-refractivity contribution in [2.45, 2.75) is 44.3 Å². The van der Waals surface area contributed by atoms with Crippen molar-refractivity contribution in [1.82, 2.24) is 15.1 Å². The molecule has 3 amide bonds. The number of piperidine rings is 1. The Hall–Kier alpha value is -3.56. The van der Waals surface area contributed by atoms with E-state index in [0.29, 0.717) is 19.4 Å². The molecule has 0 saturated carbocycles. The number of benzene rings is 2. The van der Waals surface area contributed by atoms with Crippen LogP contribution in [0.3, 0.4) is 0 Å². The third-order valence-electron chi connectivity index (χ3n) is 7.08. The Morgan fingerprint density at radius 2 is 1.73 bits per heavy atom. The van der Waals surface area contributed by atoms with Gasteiger partial charge < -0.3 is 20.0 Å². The summed E-state index contributed by atoms with van der Waals surface area (Å²) in [5.41, 5.74) is -1.01. The molecule has 2 aliphatic heterocycles. The molecule has 2 aromatic carbocycles. The van der Waals surface area contributed by atoms with Crippen LogP contribution in [0.2, 0.25) is 0 Å². The molecular formula is C27H31F3N4O3. The predicted molar refractivity (Wildman–Crippen MR) is 133 cm³/mol. The van der Waals surface area contributed by atoms with Gasteiger partial charge in [0.25, 0.3) is 11.8 Å². The minimum atomic E-state index is -4.54. The average Bonchev–Trinajstić information content (AvgIpc) is 3.15. The second-order valence-corrected chi connectivity index (χ2v) is 9.51. The topological polar surface area (TPSA) is 73.0 Å². The van der Waals surface area contributed by atoms with Crippen LogP contribution in [-0.4, -0.2) is 65.9 Å². The summed E-state index contributed by atoms with van der Waals surface area (Å²) in [6.45, 7) is 3.19. The molecule has 0 aromatic heterocycles. The van der Waals surface area contributed by atoms with Gasteiger partial charge in [0.1, 0.15) is 12.1 Å². The van der Waals surface area contributed by atoms with Gasteiger partial charge >= 0.3 is 6.18 Å². The van der Waals surface area contributed by atoms with Gasteiger partial charge in [-0.05, 0) is 49.6 Å². The fourth-order valence-corrected chi connectivity index (χ4v) is 5.05. The van der Waals surface area contributed by atoms with E-state index in [9.17, 15) is 27.6 Å². The van der Waals surface area contributed by atoms with Gasteiger partial charge in [0, 0.05) is 30.9 Å². The molecule has 2 saturated heterocycles. The van der Waals surface area contributed by atoms with Crippen molar-refractivity contribution in [2.24, 2.45) is 0 Å². The van der Waals surface area contributed by atoms with E-state index in [1.54, 1.807) is 4.90 Å². The third kappa shape index (κ3) is 5.57. The molecule has 198 valence electrons. The summed E-state index contributed by atoms with van der Waals surface area (Å²) in [4.78, 5) is 44.3. The summed E-state index contributed by atoms with van der Waals surface area (Å²) in [6, 6.07) is 13.8. The number of likely N-dealkylation sites (tertiary alicyclic amines) is 1. The quantitative estimate of drug-likeness (QED) is 0.567. The van der Waals surface area contributed by atoms with Crippen molar-refractivity contribution in [3.8, 4) is 0 Å². The Labute approximate surface area is 214 Å². The van der Waals surface area contributed by atoms with Crippen LogP contribution in [0.25, 0.3) is 0 Å². The van der Waals surface area contributed by atoms with E-state index in [0.717, 1.165) is 30.7 Å². The molecule has 2 fully saturated rings. The molecule has 1 N–H and O–H groups in total. The number of nitrogens with one attached hydrogen (secondary N) is 1. The monoisotopic (exact) mass is 516 g/mol. The first-order valence-electron chi connectivity index (χ1n) is 12.5. The lowest BCUT2D eigenvalue weighted by atomic mass is 9.85. The van der Waals surface area contributed by atoms with Crippen molar-refractivity contribution in [3.05, 3.63) is 65.7 Å². The lowest BCUT2D eigenvalue weighted by Gasteiger charge is -2.43. The van der Waals surface area contributed by atoms with E-state index in [4.69, 9.17) is 0 Å². The van der Waals surface area contributed by atoms with Gasteiger partial charge in [-0.3, -0.25) is 14.4 Å². The lowest BCUT2D eigenvalue weighted by Crippen LogP contribution is -2.57. The molecule has 4 rings (SSSR count). The molecule has 0 aliphatic carbocycles. The fraction of sp³-hybridized carbons (Fsp3) is 0.444. The van der Waals surface area contributed by atoms with E-state index >= 15 is 0 Å². The molecule has 37 heavy (non-hydrogen) atoms. The van der Waals surface area contributed by atoms with Crippen LogP contribution in [0.1, 0.15) is 48.5 Å². The van der Waals surface area contributed by atoms with Crippen molar-refractivity contribution in [2.75, 3.05) is 37.7 Å². The largest absolute Gasteiger partial charge is 0.416 e. The number of hydrogen-bond donors (Lipinski definition) is 1. The van der Waals surface area contributed by atoms with Gasteiger partial charge in [-0.1, -0.05) is 37.6 Å². The van der Waals surface area contributed by atoms with Gasteiger partial charge in [0.2, 0.25) is 5.91 Å². The number of halogens is 3. The van der Waals surface area contributed by atoms with Gasteiger partial charge in [-0.15, -0.1) is 0 Å². The van der Waals surface area contributed by atoms with Crippen molar-refractivity contribution in [3.63, 3.8) is 0 Å². The molecule has 2 aliphatic rings. The van der Waals surface area contributed by atoms with E-state index in [1.807, 2.05) is 42.2 Å². The Balaban J connectivity index is 1.51. The van der Waals surface area contributed by atoms with Gasteiger partial charge in [0.05, 0.1) is 12.2 Å². The minimum Gasteiger partial charge on any atom is -0.355 e. The van der Waals surface area contributed by atoms with E-state index in [2.05, 4.69) is 5.32 Å². The highest BCUT2D eigenvalue weighted by atomic mass is 19.4. The zero-order chi connectivity index (χ0) is 26.6. The molecule has 2 heterocycles. The van der Waals surface area contributed by atoms with Crippen LogP contribution in [-0.2, 0) is 15.8 Å². The maximum Gasteiger partial charge on any atom is 0.416 e. The van der Waals surface area contributed by atoms with Crippen LogP contribution < -0.4 is 10.2 Å². The molecule has 0 atom stereocenters. The Kier molecular flexibility index (Phi) is 7.75. The molecule has 1 spiro atoms. The summed E-state index contributed by atoms with van der Waals surface area (Å²) in [6.07, 6.45) is -2.13. The molecular weight excluding hydrogens is 485 g/mol. The SMILES string of the molecule is CCCCNC(=O)CN1CN(c2ccccc2)C2(CCN(C(=O)c3cccc(C(F)(F)F)c3)CC2)C1=O. The first-order valence-corrected chi connectivity index (χ1v) is 12.5. The average molecular weight is 517 g/mol. The lowest BCUT2D eigenvalue weighted by molar-refractivity contribution is -0.137. The van der Waals surface area contributed by atoms with Crippen LogP contribution in [0.5, 0.6) is 0 Å². The number of carbonyl (C=O) groups is 3. The van der Waals surface area contributed by atoms with E-state index in [-0.39, 0.29) is 43.7 Å². The van der Waals surface area contributed by atoms with Crippen LogP contribution >= 0.6 is 0 Å². The zero-order valence-corrected chi connectivity index (χ0v) is 20.8. The summed E-state index contributed by atoms with van der Waals surface area (Å²) in [5.74, 6) is -0.887. The predicted octanol–water partition coefficient (Wildman–Crippen LogP) is 3.90. The smallest absolute Gasteiger partial charge is 0.355 e. The zero-order valence-electron chi connectivity index (χ0n) is 20.8. The highest BCUT2D eigenvalue weighted by Gasteiger charge is 2.54. The normalized spacial score (nSPS) is 17.4. The highest BCUT2D eigenvalue weighted by Crippen LogP contribution is 2.40. The molecule has 7 nitrogen and oxygen atoms in total. The molecule has 0 bridgehead atoms. The number of rotatable bonds is 7. The summed E-state index contributed by atoms with van der Waals surface area (Å²) in [7, 11) is 0. The van der Waals surface area contributed by atoms with E-state index in [1.165, 1.54) is 17.0 Å². The second-order valence-electron chi connectivity index (χ2n) is 9.51. The van der Waals surface area contributed by atoms with Crippen molar-refractivity contribution >= 4 is 23.4 Å². The standard InChI is InChI=1S/C27H31F3N4O3/c1-2-3-14-31-23(35)18-33-19-34(22-10-5-4-6-11-22)26(25(33)37)12-15-32(16-13-26)24(36)20-8-7-9-21(17-20)27(28,29)30/h4-11,17H,2-3,12-16,18-19H2,1H3,(H,31,35). The number of unbranched alkanes of at least 4 members (excludes halogenated alkanes) is 1. The number of anilines is 1. The number of amides is 3. The van der Waals surface area contributed by atoms with E-state index < -0.39 is 23.2 Å². The number of alkyl halides is 3. The number of hydrogen-bond acceptors (Lipinski definition) is 4. The van der Waals surface area contributed by atoms with Crippen LogP contribution in [0.4, 0.5) is 18.9 Å². The number of para-hydroxylation sites is 1. The van der Waals surface area contributed by atoms with Crippen LogP contribution in [0.15, 0.2) is 54.6 Å². The van der Waals surface area contributed by atoms with Crippen molar-refractivity contribution in [1.29, 1.82) is 0 Å². The van der Waals surface area contributed by atoms with Gasteiger partial charge in [-0.2, -0.15) is 13.2 Å².